The molecule has 23 heavy (non-hydrogen) atoms. The summed E-state index contributed by atoms with van der Waals surface area (Å²) in [6.07, 6.45) is 0.840. The van der Waals surface area contributed by atoms with Gasteiger partial charge in [-0.1, -0.05) is 34.1 Å². The molecule has 0 aromatic heterocycles. The molecule has 1 aliphatic heterocycles. The minimum Gasteiger partial charge on any atom is -0.465 e. The molecule has 3 rings (SSSR count). The molecule has 120 valence electrons. The summed E-state index contributed by atoms with van der Waals surface area (Å²) in [5.74, 6) is 0. The van der Waals surface area contributed by atoms with E-state index in [1.807, 2.05) is 30.3 Å². The zero-order valence-corrected chi connectivity index (χ0v) is 14.3. The van der Waals surface area contributed by atoms with Crippen molar-refractivity contribution in [3.63, 3.8) is 0 Å². The van der Waals surface area contributed by atoms with E-state index in [-0.39, 0.29) is 0 Å². The average Bonchev–Trinajstić information content (AvgIpc) is 2.58. The third-order valence-electron chi connectivity index (χ3n) is 4.24. The van der Waals surface area contributed by atoms with Gasteiger partial charge < -0.3 is 14.9 Å². The average molecular weight is 375 g/mol. The van der Waals surface area contributed by atoms with Gasteiger partial charge in [0.15, 0.2) is 0 Å². The summed E-state index contributed by atoms with van der Waals surface area (Å²) in [6.45, 7) is 1.17. The van der Waals surface area contributed by atoms with Crippen molar-refractivity contribution >= 4 is 33.4 Å². The first-order valence-corrected chi connectivity index (χ1v) is 8.52. The Kier molecular flexibility index (Phi) is 4.86. The maximum absolute atomic E-state index is 11.1. The number of halogens is 1. The molecule has 2 aromatic rings. The Labute approximate surface area is 144 Å². The van der Waals surface area contributed by atoms with E-state index in [0.717, 1.165) is 28.7 Å². The fraction of sp³-hybridized carbons (Fsp3) is 0.278. The highest BCUT2D eigenvalue weighted by molar-refractivity contribution is 9.10. The Hall–Kier alpha value is -2.01. The summed E-state index contributed by atoms with van der Waals surface area (Å²) < 4.78 is 1.05. The highest BCUT2D eigenvalue weighted by Crippen LogP contribution is 2.32. The van der Waals surface area contributed by atoms with Gasteiger partial charge in [-0.15, -0.1) is 0 Å². The van der Waals surface area contributed by atoms with Gasteiger partial charge in [0.2, 0.25) is 0 Å². The molecule has 0 bridgehead atoms. The lowest BCUT2D eigenvalue weighted by Crippen LogP contribution is -2.45. The van der Waals surface area contributed by atoms with E-state index in [4.69, 9.17) is 5.11 Å². The topological polar surface area (TPSA) is 43.8 Å². The van der Waals surface area contributed by atoms with Crippen molar-refractivity contribution in [3.8, 4) is 0 Å². The Morgan fingerprint density at radius 1 is 1.00 bits per heavy atom. The fourth-order valence-corrected chi connectivity index (χ4v) is 3.34. The number of hydrogen-bond donors (Lipinski definition) is 1. The Balaban J connectivity index is 1.87. The van der Waals surface area contributed by atoms with Gasteiger partial charge >= 0.3 is 6.09 Å². The standard InChI is InChI=1S/C18H19BrN2O2/c19-14-6-8-16(9-7-14)21(15-4-2-1-3-5-15)17-10-12-20(13-11-17)18(22)23/h1-9,17H,10-13H2,(H,22,23). The highest BCUT2D eigenvalue weighted by atomic mass is 79.9. The number of para-hydroxylation sites is 1. The van der Waals surface area contributed by atoms with Crippen LogP contribution in [-0.4, -0.2) is 35.2 Å². The van der Waals surface area contributed by atoms with Crippen LogP contribution in [0.15, 0.2) is 59.1 Å². The zero-order chi connectivity index (χ0) is 16.2. The van der Waals surface area contributed by atoms with Gasteiger partial charge in [-0.05, 0) is 49.2 Å². The van der Waals surface area contributed by atoms with Gasteiger partial charge in [-0.2, -0.15) is 0 Å². The predicted octanol–water partition coefficient (Wildman–Crippen LogP) is 4.73. The number of amides is 1. The second-order valence-electron chi connectivity index (χ2n) is 5.68. The molecule has 0 radical (unpaired) electrons. The van der Waals surface area contributed by atoms with Crippen LogP contribution in [0.2, 0.25) is 0 Å². The maximum atomic E-state index is 11.1. The van der Waals surface area contributed by atoms with Crippen LogP contribution in [0.3, 0.4) is 0 Å². The van der Waals surface area contributed by atoms with Gasteiger partial charge in [0.25, 0.3) is 0 Å². The number of anilines is 2. The Morgan fingerprint density at radius 2 is 1.57 bits per heavy atom. The lowest BCUT2D eigenvalue weighted by atomic mass is 10.0. The third-order valence-corrected chi connectivity index (χ3v) is 4.77. The van der Waals surface area contributed by atoms with Gasteiger partial charge in [0.1, 0.15) is 0 Å². The van der Waals surface area contributed by atoms with E-state index in [1.165, 1.54) is 4.90 Å². The van der Waals surface area contributed by atoms with Gasteiger partial charge in [0.05, 0.1) is 0 Å². The minimum atomic E-state index is -0.821. The van der Waals surface area contributed by atoms with Crippen LogP contribution >= 0.6 is 15.9 Å². The van der Waals surface area contributed by atoms with Gasteiger partial charge in [-0.3, -0.25) is 0 Å². The normalized spacial score (nSPS) is 15.4. The van der Waals surface area contributed by atoms with E-state index < -0.39 is 6.09 Å². The number of carboxylic acid groups (broad SMARTS) is 1. The molecular weight excluding hydrogens is 356 g/mol. The molecule has 2 aromatic carbocycles. The van der Waals surface area contributed by atoms with Crippen molar-refractivity contribution in [2.75, 3.05) is 18.0 Å². The molecule has 0 atom stereocenters. The van der Waals surface area contributed by atoms with Crippen LogP contribution in [0, 0.1) is 0 Å². The molecule has 0 spiro atoms. The number of benzene rings is 2. The van der Waals surface area contributed by atoms with Gasteiger partial charge in [0, 0.05) is 35.0 Å². The molecule has 5 heteroatoms. The number of nitrogens with zero attached hydrogens (tertiary/aromatic N) is 2. The summed E-state index contributed by atoms with van der Waals surface area (Å²) >= 11 is 3.48. The number of piperidine rings is 1. The molecule has 1 fully saturated rings. The molecular formula is C18H19BrN2O2. The minimum absolute atomic E-state index is 0.300. The van der Waals surface area contributed by atoms with Crippen molar-refractivity contribution in [2.45, 2.75) is 18.9 Å². The molecule has 0 unspecified atom stereocenters. The number of hydrogen-bond acceptors (Lipinski definition) is 2. The van der Waals surface area contributed by atoms with E-state index in [1.54, 1.807) is 0 Å². The van der Waals surface area contributed by atoms with E-state index >= 15 is 0 Å². The molecule has 4 nitrogen and oxygen atoms in total. The molecule has 1 saturated heterocycles. The first kappa shape index (κ1) is 15.9. The number of carbonyl (C=O) groups is 1. The molecule has 1 amide bonds. The molecule has 0 aliphatic carbocycles. The maximum Gasteiger partial charge on any atom is 0.407 e. The lowest BCUT2D eigenvalue weighted by molar-refractivity contribution is 0.132. The Bertz CT molecular complexity index is 652. The SMILES string of the molecule is O=C(O)N1CCC(N(c2ccccc2)c2ccc(Br)cc2)CC1. The first-order valence-electron chi connectivity index (χ1n) is 7.73. The molecule has 1 heterocycles. The van der Waals surface area contributed by atoms with Crippen molar-refractivity contribution in [3.05, 3.63) is 59.1 Å². The summed E-state index contributed by atoms with van der Waals surface area (Å²) in [4.78, 5) is 14.9. The van der Waals surface area contributed by atoms with Crippen molar-refractivity contribution in [1.29, 1.82) is 0 Å². The van der Waals surface area contributed by atoms with E-state index in [9.17, 15) is 4.79 Å². The summed E-state index contributed by atoms with van der Waals surface area (Å²) in [6, 6.07) is 18.9. The fourth-order valence-electron chi connectivity index (χ4n) is 3.08. The smallest absolute Gasteiger partial charge is 0.407 e. The van der Waals surface area contributed by atoms with Crippen LogP contribution in [0.25, 0.3) is 0 Å². The first-order chi connectivity index (χ1) is 11.1. The summed E-state index contributed by atoms with van der Waals surface area (Å²) in [5, 5.41) is 9.13. The second kappa shape index (κ2) is 7.04. The highest BCUT2D eigenvalue weighted by Gasteiger charge is 2.27. The van der Waals surface area contributed by atoms with Crippen LogP contribution < -0.4 is 4.90 Å². The van der Waals surface area contributed by atoms with E-state index in [2.05, 4.69) is 45.1 Å². The second-order valence-corrected chi connectivity index (χ2v) is 6.60. The van der Waals surface area contributed by atoms with Crippen LogP contribution in [0.4, 0.5) is 16.2 Å². The monoisotopic (exact) mass is 374 g/mol. The molecule has 1 N–H and O–H groups in total. The Morgan fingerprint density at radius 3 is 2.13 bits per heavy atom. The number of likely N-dealkylation sites (tertiary alicyclic amines) is 1. The van der Waals surface area contributed by atoms with Crippen molar-refractivity contribution < 1.29 is 9.90 Å². The largest absolute Gasteiger partial charge is 0.465 e. The van der Waals surface area contributed by atoms with E-state index in [0.29, 0.717) is 19.1 Å². The van der Waals surface area contributed by atoms with Crippen molar-refractivity contribution in [2.24, 2.45) is 0 Å². The van der Waals surface area contributed by atoms with Crippen molar-refractivity contribution in [1.82, 2.24) is 4.90 Å². The molecule has 0 saturated carbocycles. The zero-order valence-electron chi connectivity index (χ0n) is 12.7. The van der Waals surface area contributed by atoms with Crippen LogP contribution in [0.5, 0.6) is 0 Å². The predicted molar refractivity (Wildman–Crippen MR) is 95.3 cm³/mol. The summed E-state index contributed by atoms with van der Waals surface area (Å²) in [7, 11) is 0. The third kappa shape index (κ3) is 3.67. The quantitative estimate of drug-likeness (QED) is 0.844. The molecule has 1 aliphatic rings. The van der Waals surface area contributed by atoms with Gasteiger partial charge in [-0.25, -0.2) is 4.79 Å². The van der Waals surface area contributed by atoms with Crippen LogP contribution in [-0.2, 0) is 0 Å². The summed E-state index contributed by atoms with van der Waals surface area (Å²) in [5.41, 5.74) is 2.27. The van der Waals surface area contributed by atoms with Crippen LogP contribution in [0.1, 0.15) is 12.8 Å². The lowest BCUT2D eigenvalue weighted by Gasteiger charge is -2.39. The number of rotatable bonds is 3.